The van der Waals surface area contributed by atoms with Gasteiger partial charge in [0.1, 0.15) is 11.1 Å². The average Bonchev–Trinajstić information content (AvgIpc) is 3.21. The second-order valence-electron chi connectivity index (χ2n) is 6.83. The number of nitrogens with zero attached hydrogens (tertiary/aromatic N) is 2. The zero-order valence-electron chi connectivity index (χ0n) is 15.8. The van der Waals surface area contributed by atoms with Gasteiger partial charge in [-0.05, 0) is 29.8 Å². The molecule has 0 aliphatic heterocycles. The normalized spacial score (nSPS) is 11.1. The fourth-order valence-electron chi connectivity index (χ4n) is 3.32. The Morgan fingerprint density at radius 2 is 1.67 bits per heavy atom. The molecule has 0 fully saturated rings. The SMILES string of the molecule is O=C(c1cc2ccccc2oc1=O)N(Cc1ccccc1)c1nc2ccccc2s1. The molecular formula is C24H16N2O3S. The molecule has 0 aliphatic rings. The largest absolute Gasteiger partial charge is 0.422 e. The van der Waals surface area contributed by atoms with E-state index in [9.17, 15) is 9.59 Å². The van der Waals surface area contributed by atoms with Crippen molar-refractivity contribution < 1.29 is 9.21 Å². The van der Waals surface area contributed by atoms with Gasteiger partial charge in [0.15, 0.2) is 5.13 Å². The van der Waals surface area contributed by atoms with Crippen molar-refractivity contribution >= 4 is 43.6 Å². The quantitative estimate of drug-likeness (QED) is 0.378. The second-order valence-corrected chi connectivity index (χ2v) is 7.84. The molecule has 0 aliphatic carbocycles. The van der Waals surface area contributed by atoms with Crippen LogP contribution in [0.3, 0.4) is 0 Å². The highest BCUT2D eigenvalue weighted by atomic mass is 32.1. The maximum absolute atomic E-state index is 13.5. The monoisotopic (exact) mass is 412 g/mol. The first-order valence-corrected chi connectivity index (χ1v) is 10.2. The standard InChI is InChI=1S/C24H16N2O3S/c27-22(18-14-17-10-4-6-12-20(17)29-23(18)28)26(15-16-8-2-1-3-9-16)24-25-19-11-5-7-13-21(19)30-24/h1-14H,15H2. The Kier molecular flexibility index (Phi) is 4.61. The van der Waals surface area contributed by atoms with Crippen LogP contribution in [0.5, 0.6) is 0 Å². The smallest absolute Gasteiger partial charge is 0.349 e. The van der Waals surface area contributed by atoms with Crippen LogP contribution in [0.15, 0.2) is 94.1 Å². The Morgan fingerprint density at radius 3 is 2.50 bits per heavy atom. The van der Waals surface area contributed by atoms with Crippen LogP contribution in [-0.2, 0) is 6.54 Å². The maximum atomic E-state index is 13.5. The predicted molar refractivity (Wildman–Crippen MR) is 119 cm³/mol. The van der Waals surface area contributed by atoms with Crippen molar-refractivity contribution in [1.82, 2.24) is 4.98 Å². The van der Waals surface area contributed by atoms with Gasteiger partial charge in [0.05, 0.1) is 16.8 Å². The molecule has 0 saturated carbocycles. The number of aromatic nitrogens is 1. The molecule has 0 saturated heterocycles. The number of carbonyl (C=O) groups excluding carboxylic acids is 1. The van der Waals surface area contributed by atoms with Crippen molar-refractivity contribution in [2.24, 2.45) is 0 Å². The molecule has 2 aromatic heterocycles. The van der Waals surface area contributed by atoms with E-state index in [-0.39, 0.29) is 5.56 Å². The van der Waals surface area contributed by atoms with Gasteiger partial charge in [-0.25, -0.2) is 9.78 Å². The van der Waals surface area contributed by atoms with Gasteiger partial charge in [0.25, 0.3) is 5.91 Å². The summed E-state index contributed by atoms with van der Waals surface area (Å²) in [7, 11) is 0. The topological polar surface area (TPSA) is 63.4 Å². The van der Waals surface area contributed by atoms with Crippen molar-refractivity contribution in [3.8, 4) is 0 Å². The van der Waals surface area contributed by atoms with Crippen LogP contribution in [0.1, 0.15) is 15.9 Å². The molecule has 30 heavy (non-hydrogen) atoms. The van der Waals surface area contributed by atoms with Crippen LogP contribution in [0, 0.1) is 0 Å². The molecule has 146 valence electrons. The molecule has 3 aromatic carbocycles. The van der Waals surface area contributed by atoms with Crippen molar-refractivity contribution in [3.63, 3.8) is 0 Å². The zero-order chi connectivity index (χ0) is 20.5. The molecule has 0 atom stereocenters. The van der Waals surface area contributed by atoms with E-state index in [2.05, 4.69) is 4.98 Å². The van der Waals surface area contributed by atoms with Crippen molar-refractivity contribution in [2.75, 3.05) is 4.90 Å². The van der Waals surface area contributed by atoms with Gasteiger partial charge in [-0.15, -0.1) is 0 Å². The van der Waals surface area contributed by atoms with Crippen molar-refractivity contribution in [3.05, 3.63) is 106 Å². The highest BCUT2D eigenvalue weighted by Gasteiger charge is 2.25. The van der Waals surface area contributed by atoms with Gasteiger partial charge in [-0.2, -0.15) is 0 Å². The van der Waals surface area contributed by atoms with E-state index < -0.39 is 11.5 Å². The average molecular weight is 412 g/mol. The molecule has 0 radical (unpaired) electrons. The van der Waals surface area contributed by atoms with E-state index in [0.29, 0.717) is 22.6 Å². The summed E-state index contributed by atoms with van der Waals surface area (Å²) in [6.45, 7) is 0.297. The lowest BCUT2D eigenvalue weighted by Gasteiger charge is -2.19. The molecule has 2 heterocycles. The lowest BCUT2D eigenvalue weighted by atomic mass is 10.1. The highest BCUT2D eigenvalue weighted by molar-refractivity contribution is 7.22. The highest BCUT2D eigenvalue weighted by Crippen LogP contribution is 2.30. The first kappa shape index (κ1) is 18.3. The number of rotatable bonds is 4. The van der Waals surface area contributed by atoms with Crippen molar-refractivity contribution in [2.45, 2.75) is 6.54 Å². The van der Waals surface area contributed by atoms with Crippen LogP contribution in [0.25, 0.3) is 21.2 Å². The Bertz CT molecular complexity index is 1390. The number of thiazole rings is 1. The Balaban J connectivity index is 1.63. The molecule has 1 amide bonds. The molecule has 0 bridgehead atoms. The van der Waals surface area contributed by atoms with Crippen molar-refractivity contribution in [1.29, 1.82) is 0 Å². The Morgan fingerprint density at radius 1 is 0.933 bits per heavy atom. The number of hydrogen-bond donors (Lipinski definition) is 0. The van der Waals surface area contributed by atoms with E-state index in [1.807, 2.05) is 66.7 Å². The van der Waals surface area contributed by atoms with Gasteiger partial charge in [0, 0.05) is 5.39 Å². The summed E-state index contributed by atoms with van der Waals surface area (Å²) in [6, 6.07) is 26.1. The van der Waals surface area contributed by atoms with Crippen LogP contribution in [-0.4, -0.2) is 10.9 Å². The summed E-state index contributed by atoms with van der Waals surface area (Å²) in [5, 5.41) is 1.24. The van der Waals surface area contributed by atoms with Gasteiger partial charge in [-0.3, -0.25) is 9.69 Å². The minimum absolute atomic E-state index is 0.0103. The molecular weight excluding hydrogens is 396 g/mol. The van der Waals surface area contributed by atoms with E-state index in [1.165, 1.54) is 11.3 Å². The lowest BCUT2D eigenvalue weighted by molar-refractivity contribution is 0.0981. The summed E-state index contributed by atoms with van der Waals surface area (Å²) >= 11 is 1.42. The van der Waals surface area contributed by atoms with E-state index in [1.54, 1.807) is 23.1 Å². The number of anilines is 1. The molecule has 0 unspecified atom stereocenters. The summed E-state index contributed by atoms with van der Waals surface area (Å²) in [4.78, 5) is 32.3. The number of fused-ring (bicyclic) bond motifs is 2. The zero-order valence-corrected chi connectivity index (χ0v) is 16.6. The number of carbonyl (C=O) groups is 1. The van der Waals surface area contributed by atoms with Crippen LogP contribution in [0.4, 0.5) is 5.13 Å². The number of amides is 1. The van der Waals surface area contributed by atoms with Crippen LogP contribution < -0.4 is 10.5 Å². The molecule has 6 heteroatoms. The Hall–Kier alpha value is -3.77. The summed E-state index contributed by atoms with van der Waals surface area (Å²) in [5.41, 5.74) is 1.54. The third-order valence-corrected chi connectivity index (χ3v) is 5.87. The summed E-state index contributed by atoms with van der Waals surface area (Å²) in [5.74, 6) is -0.433. The molecule has 0 spiro atoms. The van der Waals surface area contributed by atoms with E-state index >= 15 is 0 Å². The number of para-hydroxylation sites is 2. The van der Waals surface area contributed by atoms with Gasteiger partial charge >= 0.3 is 5.63 Å². The fraction of sp³-hybridized carbons (Fsp3) is 0.0417. The second kappa shape index (κ2) is 7.57. The van der Waals surface area contributed by atoms with Crippen LogP contribution in [0.2, 0.25) is 0 Å². The van der Waals surface area contributed by atoms with E-state index in [4.69, 9.17) is 4.42 Å². The molecule has 5 aromatic rings. The molecule has 5 rings (SSSR count). The van der Waals surface area contributed by atoms with E-state index in [0.717, 1.165) is 15.8 Å². The first-order chi connectivity index (χ1) is 14.7. The third kappa shape index (κ3) is 3.38. The van der Waals surface area contributed by atoms with Gasteiger partial charge in [-0.1, -0.05) is 72.0 Å². The summed E-state index contributed by atoms with van der Waals surface area (Å²) in [6.07, 6.45) is 0. The minimum atomic E-state index is -0.655. The fourth-order valence-corrected chi connectivity index (χ4v) is 4.29. The van der Waals surface area contributed by atoms with Gasteiger partial charge < -0.3 is 4.42 Å². The maximum Gasteiger partial charge on any atom is 0.349 e. The van der Waals surface area contributed by atoms with Gasteiger partial charge in [0.2, 0.25) is 0 Å². The van der Waals surface area contributed by atoms with Crippen LogP contribution >= 0.6 is 11.3 Å². The molecule has 0 N–H and O–H groups in total. The molecule has 5 nitrogen and oxygen atoms in total. The third-order valence-electron chi connectivity index (χ3n) is 4.81. The minimum Gasteiger partial charge on any atom is -0.422 e. The predicted octanol–water partition coefficient (Wildman–Crippen LogP) is 5.25. The Labute approximate surface area is 175 Å². The number of hydrogen-bond acceptors (Lipinski definition) is 5. The summed E-state index contributed by atoms with van der Waals surface area (Å²) < 4.78 is 6.36. The first-order valence-electron chi connectivity index (χ1n) is 9.43. The lowest BCUT2D eigenvalue weighted by Crippen LogP contribution is -2.33. The number of benzene rings is 3.